The van der Waals surface area contributed by atoms with Gasteiger partial charge < -0.3 is 4.74 Å². The zero-order chi connectivity index (χ0) is 31.9. The third-order valence-corrected chi connectivity index (χ3v) is 9.09. The maximum Gasteiger partial charge on any atom is 0.197 e. The van der Waals surface area contributed by atoms with Crippen molar-refractivity contribution >= 4 is 28.0 Å². The van der Waals surface area contributed by atoms with Crippen LogP contribution < -0.4 is 21.9 Å². The number of rotatable bonds is 4. The summed E-state index contributed by atoms with van der Waals surface area (Å²) in [6.45, 7) is 2.00. The SMILES string of the molecule is C1CCOC1.Fc1c(F)c(F)c2c(c1F)C1C=CC2C=C1.[Rh].c1ccc([B-](c2ccccc2)(c2ccccc2)c2ccccc2)cc1. The first-order chi connectivity index (χ1) is 22.5. The van der Waals surface area contributed by atoms with Gasteiger partial charge in [-0.05, 0) is 12.8 Å². The predicted octanol–water partition coefficient (Wildman–Crippen LogP) is 7.41. The van der Waals surface area contributed by atoms with E-state index in [1.54, 1.807) is 24.3 Å². The van der Waals surface area contributed by atoms with Gasteiger partial charge in [0.15, 0.2) is 23.3 Å². The van der Waals surface area contributed by atoms with E-state index in [0.717, 1.165) is 13.2 Å². The second-order valence-electron chi connectivity index (χ2n) is 11.7. The Morgan fingerprint density at radius 3 is 0.936 bits per heavy atom. The average Bonchev–Trinajstić information content (AvgIpc) is 3.73. The minimum atomic E-state index is -1.73. The smallest absolute Gasteiger partial charge is 0.197 e. The molecule has 5 aromatic rings. The van der Waals surface area contributed by atoms with E-state index in [1.807, 2.05) is 0 Å². The van der Waals surface area contributed by atoms with Crippen molar-refractivity contribution in [1.29, 1.82) is 0 Å². The second-order valence-corrected chi connectivity index (χ2v) is 11.7. The van der Waals surface area contributed by atoms with Crippen LogP contribution in [0.1, 0.15) is 35.8 Å². The van der Waals surface area contributed by atoms with Crippen molar-refractivity contribution in [3.05, 3.63) is 180 Å². The summed E-state index contributed by atoms with van der Waals surface area (Å²) in [4.78, 5) is 0. The van der Waals surface area contributed by atoms with Crippen LogP contribution in [0.15, 0.2) is 146 Å². The summed E-state index contributed by atoms with van der Waals surface area (Å²) >= 11 is 0. The summed E-state index contributed by atoms with van der Waals surface area (Å²) < 4.78 is 58.1. The van der Waals surface area contributed by atoms with Crippen molar-refractivity contribution in [2.24, 2.45) is 0 Å². The van der Waals surface area contributed by atoms with Crippen LogP contribution >= 0.6 is 0 Å². The molecule has 0 amide bonds. The Labute approximate surface area is 286 Å². The molecule has 7 heteroatoms. The zero-order valence-corrected chi connectivity index (χ0v) is 27.3. The van der Waals surface area contributed by atoms with E-state index < -0.39 is 41.3 Å². The molecule has 1 saturated heterocycles. The van der Waals surface area contributed by atoms with Gasteiger partial charge in [-0.1, -0.05) is 146 Å². The van der Waals surface area contributed by atoms with E-state index in [2.05, 4.69) is 121 Å². The van der Waals surface area contributed by atoms with Crippen LogP contribution in [0.5, 0.6) is 0 Å². The molecule has 241 valence electrons. The van der Waals surface area contributed by atoms with Crippen molar-refractivity contribution in [3.8, 4) is 0 Å². The summed E-state index contributed by atoms with van der Waals surface area (Å²) in [5.41, 5.74) is 5.20. The van der Waals surface area contributed by atoms with Gasteiger partial charge >= 0.3 is 0 Å². The molecule has 5 aromatic carbocycles. The summed E-state index contributed by atoms with van der Waals surface area (Å²) in [6.07, 6.45) is 7.98. The Bertz CT molecular complexity index is 1580. The van der Waals surface area contributed by atoms with Gasteiger partial charge in [0, 0.05) is 55.7 Å². The molecule has 3 aliphatic carbocycles. The number of benzene rings is 5. The second kappa shape index (κ2) is 15.7. The molecule has 1 nitrogen and oxygen atoms in total. The van der Waals surface area contributed by atoms with Gasteiger partial charge in [-0.3, -0.25) is 0 Å². The maximum absolute atomic E-state index is 13.5. The molecule has 0 saturated carbocycles. The largest absolute Gasteiger partial charge is 0.381 e. The van der Waals surface area contributed by atoms with Crippen molar-refractivity contribution in [2.75, 3.05) is 13.2 Å². The first kappa shape index (κ1) is 34.3. The molecule has 1 radical (unpaired) electrons. The molecular weight excluding hydrogens is 686 g/mol. The first-order valence-corrected chi connectivity index (χ1v) is 15.7. The van der Waals surface area contributed by atoms with Crippen LogP contribution in [-0.4, -0.2) is 19.4 Å². The fourth-order valence-corrected chi connectivity index (χ4v) is 6.94. The molecule has 0 aromatic heterocycles. The van der Waals surface area contributed by atoms with Gasteiger partial charge in [0.2, 0.25) is 0 Å². The van der Waals surface area contributed by atoms with Crippen molar-refractivity contribution in [1.82, 2.24) is 0 Å². The number of halogens is 4. The molecule has 0 atom stereocenters. The number of hydrogen-bond donors (Lipinski definition) is 0. The Hall–Kier alpha value is -4.05. The topological polar surface area (TPSA) is 9.23 Å². The summed E-state index contributed by atoms with van der Waals surface area (Å²) in [6, 6.07) is 43.5. The van der Waals surface area contributed by atoms with Gasteiger partial charge in [0.05, 0.1) is 0 Å². The standard InChI is InChI=1S/C24H20B.C12H6F4.C4H8O.Rh/c1-5-13-21(14-6-1)25(22-15-7-2-8-16-22,23-17-9-3-10-18-23)24-19-11-4-12-20-24;13-9-7-5-1-2-6(4-3-5)8(7)10(14)12(16)11(9)15;1-2-4-5-3-1;/h1-20H;1-6H;1-4H2;/q-1;;;. The fraction of sp³-hybridized carbons (Fsp3) is 0.150. The molecule has 1 heterocycles. The molecule has 4 aliphatic rings. The Balaban J connectivity index is 0.000000168. The van der Waals surface area contributed by atoms with Gasteiger partial charge in [-0.2, -0.15) is 21.9 Å². The number of ether oxygens (including phenoxy) is 1. The summed E-state index contributed by atoms with van der Waals surface area (Å²) in [5, 5.41) is 0. The molecule has 1 aliphatic heterocycles. The molecule has 0 unspecified atom stereocenters. The van der Waals surface area contributed by atoms with Gasteiger partial charge in [0.25, 0.3) is 0 Å². The zero-order valence-electron chi connectivity index (χ0n) is 25.7. The van der Waals surface area contributed by atoms with E-state index in [1.165, 1.54) is 34.7 Å². The van der Waals surface area contributed by atoms with Gasteiger partial charge in [0.1, 0.15) is 6.15 Å². The molecule has 0 N–H and O–H groups in total. The monoisotopic (exact) mass is 720 g/mol. The Morgan fingerprint density at radius 2 is 0.702 bits per heavy atom. The van der Waals surface area contributed by atoms with Crippen LogP contribution in [0.25, 0.3) is 0 Å². The van der Waals surface area contributed by atoms with Gasteiger partial charge in [-0.15, -0.1) is 0 Å². The maximum atomic E-state index is 13.5. The van der Waals surface area contributed by atoms with E-state index in [0.29, 0.717) is 0 Å². The third-order valence-electron chi connectivity index (χ3n) is 9.09. The van der Waals surface area contributed by atoms with Crippen LogP contribution in [0, 0.1) is 23.3 Å². The quantitative estimate of drug-likeness (QED) is 0.0619. The van der Waals surface area contributed by atoms with Gasteiger partial charge in [-0.25, -0.2) is 17.6 Å². The van der Waals surface area contributed by atoms with E-state index >= 15 is 0 Å². The van der Waals surface area contributed by atoms with Crippen molar-refractivity contribution in [3.63, 3.8) is 0 Å². The minimum absolute atomic E-state index is 0. The van der Waals surface area contributed by atoms with Crippen LogP contribution in [0.3, 0.4) is 0 Å². The molecular formula is C40H34BF4ORh-. The van der Waals surface area contributed by atoms with E-state index in [9.17, 15) is 17.6 Å². The first-order valence-electron chi connectivity index (χ1n) is 15.7. The summed E-state index contributed by atoms with van der Waals surface area (Å²) in [5.74, 6) is -7.01. The predicted molar refractivity (Wildman–Crippen MR) is 180 cm³/mol. The van der Waals surface area contributed by atoms with Crippen molar-refractivity contribution in [2.45, 2.75) is 24.7 Å². The molecule has 47 heavy (non-hydrogen) atoms. The number of allylic oxidation sites excluding steroid dienone is 4. The molecule has 1 fully saturated rings. The van der Waals surface area contributed by atoms with Crippen LogP contribution in [-0.2, 0) is 24.2 Å². The van der Waals surface area contributed by atoms with Crippen LogP contribution in [0.4, 0.5) is 17.6 Å². The molecule has 0 spiro atoms. The average molecular weight is 720 g/mol. The number of hydrogen-bond acceptors (Lipinski definition) is 1. The van der Waals surface area contributed by atoms with Crippen molar-refractivity contribution < 1.29 is 41.8 Å². The van der Waals surface area contributed by atoms with E-state index in [4.69, 9.17) is 4.74 Å². The Morgan fingerprint density at radius 1 is 0.426 bits per heavy atom. The van der Waals surface area contributed by atoms with E-state index in [-0.39, 0.29) is 30.6 Å². The third kappa shape index (κ3) is 6.84. The molecule has 9 rings (SSSR count). The fourth-order valence-electron chi connectivity index (χ4n) is 6.94. The molecule has 2 bridgehead atoms. The summed E-state index contributed by atoms with van der Waals surface area (Å²) in [7, 11) is 0. The Kier molecular flexibility index (Phi) is 11.4. The normalized spacial score (nSPS) is 17.0. The van der Waals surface area contributed by atoms with Crippen LogP contribution in [0.2, 0.25) is 0 Å². The minimum Gasteiger partial charge on any atom is -0.381 e.